The van der Waals surface area contributed by atoms with Crippen molar-refractivity contribution in [3.8, 4) is 5.75 Å². The van der Waals surface area contributed by atoms with Crippen molar-refractivity contribution in [1.82, 2.24) is 0 Å². The van der Waals surface area contributed by atoms with Crippen LogP contribution in [0.4, 0.5) is 5.69 Å². The average Bonchev–Trinajstić information content (AvgIpc) is 2.58. The van der Waals surface area contributed by atoms with E-state index < -0.39 is 0 Å². The molecule has 3 nitrogen and oxygen atoms in total. The maximum atomic E-state index is 13.0. The predicted octanol–water partition coefficient (Wildman–Crippen LogP) is 6.29. The minimum absolute atomic E-state index is 0.100. The quantitative estimate of drug-likeness (QED) is 0.561. The van der Waals surface area contributed by atoms with Gasteiger partial charge in [0.2, 0.25) is 0 Å². The average molecular weight is 394 g/mol. The van der Waals surface area contributed by atoms with E-state index in [-0.39, 0.29) is 17.5 Å². The van der Waals surface area contributed by atoms with E-state index in [4.69, 9.17) is 23.2 Å². The van der Waals surface area contributed by atoms with E-state index in [0.717, 1.165) is 30.6 Å². The summed E-state index contributed by atoms with van der Waals surface area (Å²) in [5.41, 5.74) is 2.36. The summed E-state index contributed by atoms with van der Waals surface area (Å²) in [6, 6.07) is 8.39. The summed E-state index contributed by atoms with van der Waals surface area (Å²) in [5.74, 6) is 0.0367. The highest BCUT2D eigenvalue weighted by atomic mass is 35.5. The van der Waals surface area contributed by atoms with E-state index in [9.17, 15) is 9.90 Å². The molecule has 0 bridgehead atoms. The third-order valence-electron chi connectivity index (χ3n) is 4.45. The van der Waals surface area contributed by atoms with Crippen molar-refractivity contribution in [2.24, 2.45) is 0 Å². The molecule has 0 aliphatic carbocycles. The first kappa shape index (κ1) is 20.6. The number of rotatable bonds is 7. The number of hydrogen-bond acceptors (Lipinski definition) is 3. The summed E-state index contributed by atoms with van der Waals surface area (Å²) >= 11 is 12.8. The van der Waals surface area contributed by atoms with Crippen LogP contribution in [0.1, 0.15) is 61.0 Å². The highest BCUT2D eigenvalue weighted by Gasteiger charge is 2.20. The fourth-order valence-corrected chi connectivity index (χ4v) is 3.47. The van der Waals surface area contributed by atoms with Crippen LogP contribution in [0, 0.1) is 0 Å². The zero-order valence-electron chi connectivity index (χ0n) is 15.6. The van der Waals surface area contributed by atoms with Crippen molar-refractivity contribution in [1.29, 1.82) is 0 Å². The number of ketones is 1. The molecule has 0 atom stereocenters. The molecule has 140 valence electrons. The van der Waals surface area contributed by atoms with Crippen molar-refractivity contribution >= 4 is 34.7 Å². The van der Waals surface area contributed by atoms with Gasteiger partial charge in [0.05, 0.1) is 15.6 Å². The Hall–Kier alpha value is -1.71. The zero-order valence-corrected chi connectivity index (χ0v) is 17.2. The van der Waals surface area contributed by atoms with E-state index >= 15 is 0 Å². The summed E-state index contributed by atoms with van der Waals surface area (Å²) < 4.78 is 0. The van der Waals surface area contributed by atoms with Crippen LogP contribution in [0.5, 0.6) is 5.75 Å². The van der Waals surface area contributed by atoms with Crippen molar-refractivity contribution in [2.75, 3.05) is 18.5 Å². The lowest BCUT2D eigenvalue weighted by atomic mass is 9.95. The van der Waals surface area contributed by atoms with Crippen LogP contribution in [-0.2, 0) is 0 Å². The van der Waals surface area contributed by atoms with Gasteiger partial charge in [-0.1, -0.05) is 50.4 Å². The van der Waals surface area contributed by atoms with E-state index in [2.05, 4.69) is 11.8 Å². The number of phenols is 1. The molecular formula is C21H25Cl2NO2. The van der Waals surface area contributed by atoms with E-state index in [1.807, 2.05) is 20.9 Å². The van der Waals surface area contributed by atoms with Gasteiger partial charge >= 0.3 is 0 Å². The van der Waals surface area contributed by atoms with Crippen LogP contribution < -0.4 is 4.90 Å². The van der Waals surface area contributed by atoms with Crippen LogP contribution in [0.15, 0.2) is 30.3 Å². The zero-order chi connectivity index (χ0) is 19.4. The monoisotopic (exact) mass is 393 g/mol. The Labute approximate surface area is 165 Å². The standard InChI is InChI=1S/C21H25Cl2NO2/c1-5-6-9-24(4)15-11-17(22)20(18(23)12-15)21(26)14-7-8-19(25)16(10-14)13(2)3/h7-8,10-13,25H,5-6,9H2,1-4H3. The fourth-order valence-electron chi connectivity index (χ4n) is 2.82. The predicted molar refractivity (Wildman–Crippen MR) is 110 cm³/mol. The SMILES string of the molecule is CCCCN(C)c1cc(Cl)c(C(=O)c2ccc(O)c(C(C)C)c2)c(Cl)c1. The lowest BCUT2D eigenvalue weighted by Crippen LogP contribution is -2.18. The number of anilines is 1. The van der Waals surface area contributed by atoms with Gasteiger partial charge < -0.3 is 10.0 Å². The second kappa shape index (κ2) is 8.79. The molecule has 5 heteroatoms. The first-order valence-corrected chi connectivity index (χ1v) is 9.59. The molecule has 0 aliphatic heterocycles. The van der Waals surface area contributed by atoms with Gasteiger partial charge in [0, 0.05) is 24.8 Å². The van der Waals surface area contributed by atoms with Gasteiger partial charge in [-0.3, -0.25) is 4.79 Å². The number of benzene rings is 2. The van der Waals surface area contributed by atoms with E-state index in [1.165, 1.54) is 6.07 Å². The first-order valence-electron chi connectivity index (χ1n) is 8.84. The third-order valence-corrected chi connectivity index (χ3v) is 5.05. The molecule has 1 N–H and O–H groups in total. The number of hydrogen-bond donors (Lipinski definition) is 1. The molecule has 0 amide bonds. The molecular weight excluding hydrogens is 369 g/mol. The highest BCUT2D eigenvalue weighted by molar-refractivity contribution is 6.41. The molecule has 0 saturated heterocycles. The number of carbonyl (C=O) groups is 1. The van der Waals surface area contributed by atoms with Gasteiger partial charge in [0.25, 0.3) is 0 Å². The molecule has 0 radical (unpaired) electrons. The Balaban J connectivity index is 2.39. The molecule has 2 aromatic carbocycles. The molecule has 2 aromatic rings. The van der Waals surface area contributed by atoms with Crippen LogP contribution in [0.3, 0.4) is 0 Å². The number of carbonyl (C=O) groups excluding carboxylic acids is 1. The molecule has 0 heterocycles. The Bertz CT molecular complexity index is 780. The number of halogens is 2. The number of aromatic hydroxyl groups is 1. The van der Waals surface area contributed by atoms with Crippen molar-refractivity contribution in [3.63, 3.8) is 0 Å². The Kier molecular flexibility index (Phi) is 6.96. The summed E-state index contributed by atoms with van der Waals surface area (Å²) in [7, 11) is 1.98. The van der Waals surface area contributed by atoms with Crippen LogP contribution in [0.25, 0.3) is 0 Å². The molecule has 0 saturated carbocycles. The number of unbranched alkanes of at least 4 members (excludes halogenated alkanes) is 1. The minimum Gasteiger partial charge on any atom is -0.508 e. The van der Waals surface area contributed by atoms with Crippen LogP contribution in [0.2, 0.25) is 10.0 Å². The highest BCUT2D eigenvalue weighted by Crippen LogP contribution is 2.34. The largest absolute Gasteiger partial charge is 0.508 e. The molecule has 0 aromatic heterocycles. The molecule has 26 heavy (non-hydrogen) atoms. The number of phenolic OH excluding ortho intramolecular Hbond substituents is 1. The number of nitrogens with zero attached hydrogens (tertiary/aromatic N) is 1. The van der Waals surface area contributed by atoms with Gasteiger partial charge in [-0.25, -0.2) is 0 Å². The van der Waals surface area contributed by atoms with Crippen molar-refractivity contribution in [2.45, 2.75) is 39.5 Å². The topological polar surface area (TPSA) is 40.5 Å². The second-order valence-corrected chi connectivity index (χ2v) is 7.63. The first-order chi connectivity index (χ1) is 12.3. The fraction of sp³-hybridized carbons (Fsp3) is 0.381. The Morgan fingerprint density at radius 1 is 1.15 bits per heavy atom. The molecule has 0 fully saturated rings. The van der Waals surface area contributed by atoms with Crippen molar-refractivity contribution < 1.29 is 9.90 Å². The smallest absolute Gasteiger partial charge is 0.196 e. The summed E-state index contributed by atoms with van der Waals surface area (Å²) in [6.45, 7) is 6.96. The minimum atomic E-state index is -0.246. The van der Waals surface area contributed by atoms with Gasteiger partial charge in [-0.15, -0.1) is 0 Å². The summed E-state index contributed by atoms with van der Waals surface area (Å²) in [4.78, 5) is 15.0. The Morgan fingerprint density at radius 2 is 1.77 bits per heavy atom. The maximum absolute atomic E-state index is 13.0. The lowest BCUT2D eigenvalue weighted by molar-refractivity contribution is 0.103. The summed E-state index contributed by atoms with van der Waals surface area (Å²) in [6.07, 6.45) is 2.17. The lowest BCUT2D eigenvalue weighted by Gasteiger charge is -2.20. The maximum Gasteiger partial charge on any atom is 0.196 e. The van der Waals surface area contributed by atoms with E-state index in [1.54, 1.807) is 24.3 Å². The van der Waals surface area contributed by atoms with Gasteiger partial charge in [-0.05, 0) is 48.2 Å². The molecule has 0 unspecified atom stereocenters. The normalized spacial score (nSPS) is 11.0. The molecule has 0 aliphatic rings. The second-order valence-electron chi connectivity index (χ2n) is 6.82. The van der Waals surface area contributed by atoms with Gasteiger partial charge in [0.15, 0.2) is 5.78 Å². The van der Waals surface area contributed by atoms with Crippen molar-refractivity contribution in [3.05, 3.63) is 57.1 Å². The Morgan fingerprint density at radius 3 is 2.31 bits per heavy atom. The van der Waals surface area contributed by atoms with Gasteiger partial charge in [0.1, 0.15) is 5.75 Å². The summed E-state index contributed by atoms with van der Waals surface area (Å²) in [5, 5.41) is 10.6. The van der Waals surface area contributed by atoms with Crippen LogP contribution >= 0.6 is 23.2 Å². The molecule has 0 spiro atoms. The molecule has 2 rings (SSSR count). The van der Waals surface area contributed by atoms with Crippen LogP contribution in [-0.4, -0.2) is 24.5 Å². The van der Waals surface area contributed by atoms with E-state index in [0.29, 0.717) is 21.2 Å². The van der Waals surface area contributed by atoms with Gasteiger partial charge in [-0.2, -0.15) is 0 Å². The third kappa shape index (κ3) is 4.52.